The van der Waals surface area contributed by atoms with Crippen molar-refractivity contribution in [3.63, 3.8) is 0 Å². The zero-order valence-corrected chi connectivity index (χ0v) is 12.6. The number of halogens is 1. The first-order valence-electron chi connectivity index (χ1n) is 5.11. The molecule has 0 fully saturated rings. The lowest BCUT2D eigenvalue weighted by molar-refractivity contribution is 0.805. The van der Waals surface area contributed by atoms with Gasteiger partial charge in [0.25, 0.3) is 0 Å². The van der Waals surface area contributed by atoms with Crippen LogP contribution in [0.2, 0.25) is 0 Å². The Labute approximate surface area is 118 Å². The Kier molecular flexibility index (Phi) is 4.11. The highest BCUT2D eigenvalue weighted by Gasteiger charge is 1.98. The number of hydrogen-bond donors (Lipinski definition) is 0. The van der Waals surface area contributed by atoms with Crippen LogP contribution in [0.5, 0.6) is 0 Å². The number of thiazole rings is 1. The van der Waals surface area contributed by atoms with Crippen molar-refractivity contribution in [2.75, 3.05) is 7.05 Å². The molecule has 0 N–H and O–H groups in total. The molecule has 3 nitrogen and oxygen atoms in total. The third-order valence-electron chi connectivity index (χ3n) is 2.26. The molecule has 2 aromatic rings. The fourth-order valence-corrected chi connectivity index (χ4v) is 2.68. The van der Waals surface area contributed by atoms with Crippen molar-refractivity contribution >= 4 is 40.1 Å². The highest BCUT2D eigenvalue weighted by molar-refractivity contribution is 14.1. The van der Waals surface area contributed by atoms with Crippen molar-refractivity contribution in [2.45, 2.75) is 6.92 Å². The summed E-state index contributed by atoms with van der Waals surface area (Å²) in [4.78, 5) is 5.10. The Morgan fingerprint density at radius 2 is 2.12 bits per heavy atom. The first-order valence-corrected chi connectivity index (χ1v) is 7.07. The third-order valence-corrected chi connectivity index (χ3v) is 4.27. The van der Waals surface area contributed by atoms with Crippen LogP contribution in [0.1, 0.15) is 11.3 Å². The molecule has 0 aliphatic carbocycles. The van der Waals surface area contributed by atoms with Gasteiger partial charge in [-0.25, -0.2) is 4.68 Å². The minimum Gasteiger partial charge on any atom is -0.261 e. The molecule has 0 amide bonds. The van der Waals surface area contributed by atoms with Crippen LogP contribution >= 0.6 is 33.9 Å². The summed E-state index contributed by atoms with van der Waals surface area (Å²) in [6, 6.07) is 8.16. The van der Waals surface area contributed by atoms with Crippen LogP contribution in [0.25, 0.3) is 0 Å². The van der Waals surface area contributed by atoms with Gasteiger partial charge in [0.15, 0.2) is 0 Å². The molecule has 0 atom stereocenters. The van der Waals surface area contributed by atoms with Crippen LogP contribution in [0.3, 0.4) is 0 Å². The number of hydrogen-bond acceptors (Lipinski definition) is 3. The van der Waals surface area contributed by atoms with E-state index in [-0.39, 0.29) is 0 Å². The quantitative estimate of drug-likeness (QED) is 0.585. The zero-order chi connectivity index (χ0) is 12.3. The SMILES string of the molecule is CN=c1scc(C)n1N=Cc1ccccc1I. The average Bonchev–Trinajstić information content (AvgIpc) is 2.69. The smallest absolute Gasteiger partial charge is 0.205 e. The molecule has 0 saturated carbocycles. The van der Waals surface area contributed by atoms with Gasteiger partial charge in [0.05, 0.1) is 11.9 Å². The van der Waals surface area contributed by atoms with Crippen LogP contribution in [0.15, 0.2) is 39.7 Å². The summed E-state index contributed by atoms with van der Waals surface area (Å²) in [5, 5.41) is 6.52. The molecule has 17 heavy (non-hydrogen) atoms. The fraction of sp³-hybridized carbons (Fsp3) is 0.167. The summed E-state index contributed by atoms with van der Waals surface area (Å²) < 4.78 is 3.05. The number of aryl methyl sites for hydroxylation is 1. The van der Waals surface area contributed by atoms with Gasteiger partial charge in [-0.05, 0) is 35.6 Å². The molecule has 0 radical (unpaired) electrons. The van der Waals surface area contributed by atoms with Crippen molar-refractivity contribution in [3.05, 3.63) is 49.3 Å². The first-order chi connectivity index (χ1) is 8.22. The van der Waals surface area contributed by atoms with Crippen LogP contribution in [-0.2, 0) is 0 Å². The maximum atomic E-state index is 4.47. The van der Waals surface area contributed by atoms with Gasteiger partial charge in [0.2, 0.25) is 4.80 Å². The molecule has 0 aliphatic heterocycles. The molecule has 1 aromatic heterocycles. The lowest BCUT2D eigenvalue weighted by Gasteiger charge is -1.99. The molecule has 88 valence electrons. The molecule has 0 saturated heterocycles. The maximum absolute atomic E-state index is 4.47. The minimum atomic E-state index is 0.907. The zero-order valence-electron chi connectivity index (χ0n) is 9.59. The molecular weight excluding hydrogens is 345 g/mol. The van der Waals surface area contributed by atoms with Crippen molar-refractivity contribution in [2.24, 2.45) is 10.1 Å². The summed E-state index contributed by atoms with van der Waals surface area (Å²) in [6.07, 6.45) is 1.87. The summed E-state index contributed by atoms with van der Waals surface area (Å²) in [5.41, 5.74) is 2.21. The van der Waals surface area contributed by atoms with Gasteiger partial charge in [-0.15, -0.1) is 11.3 Å². The number of aromatic nitrogens is 1. The number of benzene rings is 1. The highest BCUT2D eigenvalue weighted by Crippen LogP contribution is 2.09. The van der Waals surface area contributed by atoms with Crippen molar-refractivity contribution in [3.8, 4) is 0 Å². The monoisotopic (exact) mass is 357 g/mol. The van der Waals surface area contributed by atoms with Gasteiger partial charge >= 0.3 is 0 Å². The summed E-state index contributed by atoms with van der Waals surface area (Å²) in [5.74, 6) is 0. The average molecular weight is 357 g/mol. The Balaban J connectivity index is 2.39. The third kappa shape index (κ3) is 2.84. The normalized spacial score (nSPS) is 12.5. The van der Waals surface area contributed by atoms with Gasteiger partial charge < -0.3 is 0 Å². The molecule has 0 unspecified atom stereocenters. The molecule has 0 spiro atoms. The summed E-state index contributed by atoms with van der Waals surface area (Å²) in [7, 11) is 1.78. The van der Waals surface area contributed by atoms with Crippen molar-refractivity contribution in [1.29, 1.82) is 0 Å². The van der Waals surface area contributed by atoms with Gasteiger partial charge in [0, 0.05) is 21.6 Å². The van der Waals surface area contributed by atoms with E-state index in [9.17, 15) is 0 Å². The van der Waals surface area contributed by atoms with E-state index in [1.54, 1.807) is 18.4 Å². The lowest BCUT2D eigenvalue weighted by atomic mass is 10.2. The Morgan fingerprint density at radius 1 is 1.35 bits per heavy atom. The molecule has 5 heteroatoms. The van der Waals surface area contributed by atoms with Crippen molar-refractivity contribution < 1.29 is 0 Å². The standard InChI is InChI=1S/C12H12IN3S/c1-9-8-17-12(14-2)16(9)15-7-10-5-3-4-6-11(10)13/h3-8H,1-2H3. The topological polar surface area (TPSA) is 29.6 Å². The predicted octanol–water partition coefficient (Wildman–Crippen LogP) is 2.88. The first kappa shape index (κ1) is 12.5. The summed E-state index contributed by atoms with van der Waals surface area (Å²) >= 11 is 3.90. The Hall–Kier alpha value is -0.950. The Bertz CT molecular complexity index is 610. The lowest BCUT2D eigenvalue weighted by Crippen LogP contribution is -2.11. The second-order valence-electron chi connectivity index (χ2n) is 3.46. The van der Waals surface area contributed by atoms with Crippen LogP contribution in [0, 0.1) is 10.5 Å². The predicted molar refractivity (Wildman–Crippen MR) is 80.7 cm³/mol. The molecule has 1 aromatic carbocycles. The summed E-state index contributed by atoms with van der Waals surface area (Å²) in [6.45, 7) is 2.03. The van der Waals surface area contributed by atoms with Crippen LogP contribution < -0.4 is 4.80 Å². The highest BCUT2D eigenvalue weighted by atomic mass is 127. The maximum Gasteiger partial charge on any atom is 0.205 e. The van der Waals surface area contributed by atoms with Gasteiger partial charge in [0.1, 0.15) is 0 Å². The fourth-order valence-electron chi connectivity index (χ4n) is 1.38. The van der Waals surface area contributed by atoms with Gasteiger partial charge in [-0.1, -0.05) is 18.2 Å². The number of nitrogens with zero attached hydrogens (tertiary/aromatic N) is 3. The molecule has 1 heterocycles. The van der Waals surface area contributed by atoms with E-state index in [1.807, 2.05) is 29.9 Å². The molecule has 2 rings (SSSR count). The second-order valence-corrected chi connectivity index (χ2v) is 5.46. The largest absolute Gasteiger partial charge is 0.261 e. The van der Waals surface area contributed by atoms with E-state index in [0.717, 1.165) is 16.1 Å². The molecular formula is C12H12IN3S. The van der Waals surface area contributed by atoms with E-state index in [4.69, 9.17) is 0 Å². The second kappa shape index (κ2) is 5.59. The van der Waals surface area contributed by atoms with E-state index in [1.165, 1.54) is 3.57 Å². The minimum absolute atomic E-state index is 0.907. The van der Waals surface area contributed by atoms with E-state index < -0.39 is 0 Å². The van der Waals surface area contributed by atoms with E-state index in [2.05, 4.69) is 50.2 Å². The number of rotatable bonds is 2. The Morgan fingerprint density at radius 3 is 2.82 bits per heavy atom. The molecule has 0 aliphatic rings. The van der Waals surface area contributed by atoms with Crippen LogP contribution in [-0.4, -0.2) is 17.9 Å². The van der Waals surface area contributed by atoms with Gasteiger partial charge in [-0.2, -0.15) is 5.10 Å². The van der Waals surface area contributed by atoms with Crippen molar-refractivity contribution in [1.82, 2.24) is 4.68 Å². The van der Waals surface area contributed by atoms with E-state index >= 15 is 0 Å². The van der Waals surface area contributed by atoms with E-state index in [0.29, 0.717) is 0 Å². The van der Waals surface area contributed by atoms with Gasteiger partial charge in [-0.3, -0.25) is 4.99 Å². The molecule has 0 bridgehead atoms. The van der Waals surface area contributed by atoms with Crippen LogP contribution in [0.4, 0.5) is 0 Å².